The van der Waals surface area contributed by atoms with Crippen molar-refractivity contribution < 1.29 is 4.74 Å². The second kappa shape index (κ2) is 6.10. The third kappa shape index (κ3) is 3.20. The average molecular weight is 269 g/mol. The molecule has 0 aliphatic rings. The van der Waals surface area contributed by atoms with Gasteiger partial charge in [0.2, 0.25) is 0 Å². The summed E-state index contributed by atoms with van der Waals surface area (Å²) >= 11 is 0. The van der Waals surface area contributed by atoms with Gasteiger partial charge in [0.1, 0.15) is 11.9 Å². The van der Waals surface area contributed by atoms with E-state index in [1.807, 2.05) is 6.07 Å². The number of benzene rings is 2. The van der Waals surface area contributed by atoms with Crippen LogP contribution in [0.1, 0.15) is 33.9 Å². The topological polar surface area (TPSA) is 35.2 Å². The molecule has 2 aromatic rings. The molecule has 0 saturated carbocycles. The smallest absolute Gasteiger partial charge is 0.136 e. The van der Waals surface area contributed by atoms with Crippen molar-refractivity contribution >= 4 is 0 Å². The van der Waals surface area contributed by atoms with Gasteiger partial charge in [0.05, 0.1) is 0 Å². The molecule has 2 heteroatoms. The third-order valence-electron chi connectivity index (χ3n) is 3.72. The van der Waals surface area contributed by atoms with Crippen LogP contribution in [0.25, 0.3) is 0 Å². The van der Waals surface area contributed by atoms with Crippen molar-refractivity contribution in [2.45, 2.75) is 33.8 Å². The van der Waals surface area contributed by atoms with Crippen LogP contribution >= 0.6 is 0 Å². The first-order chi connectivity index (χ1) is 9.51. The molecule has 0 aromatic heterocycles. The lowest BCUT2D eigenvalue weighted by Crippen LogP contribution is -2.19. The highest BCUT2D eigenvalue weighted by Gasteiger charge is 2.13. The predicted molar refractivity (Wildman–Crippen MR) is 84.3 cm³/mol. The van der Waals surface area contributed by atoms with Crippen molar-refractivity contribution in [2.75, 3.05) is 6.54 Å². The fraction of sp³-hybridized carbons (Fsp3) is 0.333. The standard InChI is InChI=1S/C18H23NO/c1-12-5-8-17(15(4)9-12)20-18(11-19)16-7-6-13(2)14(3)10-16/h5-10,18H,11,19H2,1-4H3. The number of rotatable bonds is 4. The lowest BCUT2D eigenvalue weighted by atomic mass is 10.0. The highest BCUT2D eigenvalue weighted by molar-refractivity contribution is 5.37. The molecule has 0 amide bonds. The monoisotopic (exact) mass is 269 g/mol. The Morgan fingerprint density at radius 2 is 1.65 bits per heavy atom. The summed E-state index contributed by atoms with van der Waals surface area (Å²) in [7, 11) is 0. The van der Waals surface area contributed by atoms with Gasteiger partial charge >= 0.3 is 0 Å². The number of ether oxygens (including phenoxy) is 1. The summed E-state index contributed by atoms with van der Waals surface area (Å²) in [5, 5.41) is 0. The van der Waals surface area contributed by atoms with Crippen LogP contribution in [0.4, 0.5) is 0 Å². The molecule has 2 rings (SSSR count). The van der Waals surface area contributed by atoms with E-state index in [1.54, 1.807) is 0 Å². The normalized spacial score (nSPS) is 12.2. The summed E-state index contributed by atoms with van der Waals surface area (Å²) in [5.74, 6) is 0.907. The SMILES string of the molecule is Cc1ccc(OC(CN)c2ccc(C)c(C)c2)c(C)c1. The van der Waals surface area contributed by atoms with E-state index in [4.69, 9.17) is 10.5 Å². The van der Waals surface area contributed by atoms with Gasteiger partial charge < -0.3 is 10.5 Å². The summed E-state index contributed by atoms with van der Waals surface area (Å²) in [6, 6.07) is 12.6. The van der Waals surface area contributed by atoms with E-state index in [0.29, 0.717) is 6.54 Å². The number of aryl methyl sites for hydroxylation is 4. The summed E-state index contributed by atoms with van der Waals surface area (Å²) in [6.07, 6.45) is -0.101. The zero-order valence-electron chi connectivity index (χ0n) is 12.7. The fourth-order valence-electron chi connectivity index (χ4n) is 2.30. The zero-order valence-corrected chi connectivity index (χ0v) is 12.7. The van der Waals surface area contributed by atoms with Gasteiger partial charge in [0.15, 0.2) is 0 Å². The maximum atomic E-state index is 6.11. The van der Waals surface area contributed by atoms with Crippen LogP contribution in [0.3, 0.4) is 0 Å². The summed E-state index contributed by atoms with van der Waals surface area (Å²) in [5.41, 5.74) is 12.0. The molecular formula is C18H23NO. The molecular weight excluding hydrogens is 246 g/mol. The Balaban J connectivity index is 2.26. The lowest BCUT2D eigenvalue weighted by molar-refractivity contribution is 0.212. The van der Waals surface area contributed by atoms with Gasteiger partial charge in [0, 0.05) is 6.54 Å². The van der Waals surface area contributed by atoms with E-state index >= 15 is 0 Å². The van der Waals surface area contributed by atoms with E-state index in [-0.39, 0.29) is 6.10 Å². The van der Waals surface area contributed by atoms with Crippen molar-refractivity contribution in [3.05, 3.63) is 64.2 Å². The molecule has 0 radical (unpaired) electrons. The van der Waals surface area contributed by atoms with Crippen LogP contribution in [-0.4, -0.2) is 6.54 Å². The van der Waals surface area contributed by atoms with Gasteiger partial charge in [-0.15, -0.1) is 0 Å². The van der Waals surface area contributed by atoms with Gasteiger partial charge in [-0.2, -0.15) is 0 Å². The minimum Gasteiger partial charge on any atom is -0.484 e. The zero-order chi connectivity index (χ0) is 14.7. The number of hydrogen-bond donors (Lipinski definition) is 1. The first-order valence-corrected chi connectivity index (χ1v) is 7.02. The van der Waals surface area contributed by atoms with Crippen LogP contribution in [0, 0.1) is 27.7 Å². The van der Waals surface area contributed by atoms with Gasteiger partial charge in [-0.1, -0.05) is 35.9 Å². The molecule has 106 valence electrons. The Morgan fingerprint density at radius 1 is 0.900 bits per heavy atom. The highest BCUT2D eigenvalue weighted by Crippen LogP contribution is 2.26. The Morgan fingerprint density at radius 3 is 2.25 bits per heavy atom. The first kappa shape index (κ1) is 14.6. The van der Waals surface area contributed by atoms with Gasteiger partial charge in [-0.25, -0.2) is 0 Å². The van der Waals surface area contributed by atoms with E-state index < -0.39 is 0 Å². The van der Waals surface area contributed by atoms with Crippen molar-refractivity contribution in [3.63, 3.8) is 0 Å². The number of nitrogens with two attached hydrogens (primary N) is 1. The van der Waals surface area contributed by atoms with E-state index in [0.717, 1.165) is 16.9 Å². The van der Waals surface area contributed by atoms with Crippen molar-refractivity contribution in [3.8, 4) is 5.75 Å². The molecule has 2 aromatic carbocycles. The highest BCUT2D eigenvalue weighted by atomic mass is 16.5. The molecule has 1 unspecified atom stereocenters. The summed E-state index contributed by atoms with van der Waals surface area (Å²) < 4.78 is 6.11. The average Bonchev–Trinajstić information content (AvgIpc) is 2.41. The van der Waals surface area contributed by atoms with Crippen molar-refractivity contribution in [1.82, 2.24) is 0 Å². The molecule has 1 atom stereocenters. The quantitative estimate of drug-likeness (QED) is 0.910. The number of hydrogen-bond acceptors (Lipinski definition) is 2. The largest absolute Gasteiger partial charge is 0.484 e. The Kier molecular flexibility index (Phi) is 4.46. The van der Waals surface area contributed by atoms with Gasteiger partial charge in [0.25, 0.3) is 0 Å². The van der Waals surface area contributed by atoms with E-state index in [9.17, 15) is 0 Å². The van der Waals surface area contributed by atoms with Gasteiger partial charge in [-0.3, -0.25) is 0 Å². The molecule has 2 nitrogen and oxygen atoms in total. The minimum atomic E-state index is -0.101. The first-order valence-electron chi connectivity index (χ1n) is 7.02. The third-order valence-corrected chi connectivity index (χ3v) is 3.72. The molecule has 2 N–H and O–H groups in total. The Labute approximate surface area is 121 Å². The van der Waals surface area contributed by atoms with Crippen LogP contribution in [0.2, 0.25) is 0 Å². The predicted octanol–water partition coefficient (Wildman–Crippen LogP) is 4.00. The fourth-order valence-corrected chi connectivity index (χ4v) is 2.30. The second-order valence-electron chi connectivity index (χ2n) is 5.45. The molecule has 0 aliphatic heterocycles. The molecule has 0 saturated heterocycles. The van der Waals surface area contributed by atoms with Crippen LogP contribution < -0.4 is 10.5 Å². The van der Waals surface area contributed by atoms with Crippen LogP contribution in [0.5, 0.6) is 5.75 Å². The maximum absolute atomic E-state index is 6.11. The molecule has 20 heavy (non-hydrogen) atoms. The van der Waals surface area contributed by atoms with Crippen LogP contribution in [-0.2, 0) is 0 Å². The maximum Gasteiger partial charge on any atom is 0.136 e. The molecule has 0 spiro atoms. The Bertz CT molecular complexity index is 604. The lowest BCUT2D eigenvalue weighted by Gasteiger charge is -2.20. The van der Waals surface area contributed by atoms with E-state index in [1.165, 1.54) is 16.7 Å². The van der Waals surface area contributed by atoms with Gasteiger partial charge in [-0.05, 0) is 56.0 Å². The minimum absolute atomic E-state index is 0.101. The molecule has 0 bridgehead atoms. The summed E-state index contributed by atoms with van der Waals surface area (Å²) in [4.78, 5) is 0. The van der Waals surface area contributed by atoms with Crippen molar-refractivity contribution in [1.29, 1.82) is 0 Å². The molecule has 0 fully saturated rings. The molecule has 0 heterocycles. The van der Waals surface area contributed by atoms with E-state index in [2.05, 4.69) is 58.0 Å². The van der Waals surface area contributed by atoms with Crippen LogP contribution in [0.15, 0.2) is 36.4 Å². The molecule has 0 aliphatic carbocycles. The van der Waals surface area contributed by atoms with Crippen molar-refractivity contribution in [2.24, 2.45) is 5.73 Å². The summed E-state index contributed by atoms with van der Waals surface area (Å²) in [6.45, 7) is 8.84. The second-order valence-corrected chi connectivity index (χ2v) is 5.45. The Hall–Kier alpha value is -1.80.